The number of anilines is 2. The molecule has 0 saturated carbocycles. The number of hydrogen-bond donors (Lipinski definition) is 2. The van der Waals surface area contributed by atoms with Gasteiger partial charge in [0.05, 0.1) is 11.4 Å². The average Bonchev–Trinajstić information content (AvgIpc) is 2.35. The molecule has 0 unspecified atom stereocenters. The van der Waals surface area contributed by atoms with Gasteiger partial charge in [0.15, 0.2) is 0 Å². The third kappa shape index (κ3) is 3.17. The first-order valence-corrected chi connectivity index (χ1v) is 5.43. The maximum absolute atomic E-state index is 13.0. The summed E-state index contributed by atoms with van der Waals surface area (Å²) in [5.74, 6) is -0.289. The van der Waals surface area contributed by atoms with Crippen LogP contribution in [0.2, 0.25) is 0 Å². The van der Waals surface area contributed by atoms with Crippen LogP contribution in [0.1, 0.15) is 5.56 Å². The number of halogens is 1. The number of benzene rings is 1. The number of hydrogen-bond acceptors (Lipinski definition) is 3. The van der Waals surface area contributed by atoms with Crippen LogP contribution in [-0.2, 0) is 6.42 Å². The average molecular weight is 231 g/mol. The first-order valence-electron chi connectivity index (χ1n) is 5.43. The van der Waals surface area contributed by atoms with Crippen LogP contribution >= 0.6 is 0 Å². The quantitative estimate of drug-likeness (QED) is 0.795. The molecule has 0 aliphatic heterocycles. The summed E-state index contributed by atoms with van der Waals surface area (Å²) in [7, 11) is 0. The lowest BCUT2D eigenvalue weighted by Crippen LogP contribution is -2.07. The lowest BCUT2D eigenvalue weighted by molar-refractivity contribution is 0.628. The summed E-state index contributed by atoms with van der Waals surface area (Å²) in [5, 5.41) is 3.11. The fraction of sp³-hybridized carbons (Fsp3) is 0.154. The highest BCUT2D eigenvalue weighted by Crippen LogP contribution is 2.18. The molecule has 1 aromatic heterocycles. The van der Waals surface area contributed by atoms with Crippen molar-refractivity contribution in [3.63, 3.8) is 0 Å². The second kappa shape index (κ2) is 5.30. The molecule has 0 aliphatic rings. The molecule has 88 valence electrons. The summed E-state index contributed by atoms with van der Waals surface area (Å²) in [6.07, 6.45) is 4.38. The Balaban J connectivity index is 1.92. The van der Waals surface area contributed by atoms with E-state index in [9.17, 15) is 4.39 Å². The Morgan fingerprint density at radius 2 is 2.18 bits per heavy atom. The Labute approximate surface area is 99.5 Å². The molecule has 0 spiro atoms. The summed E-state index contributed by atoms with van der Waals surface area (Å²) in [6.45, 7) is 0.694. The van der Waals surface area contributed by atoms with Gasteiger partial charge in [-0.1, -0.05) is 6.07 Å². The number of nitrogens with two attached hydrogens (primary N) is 1. The Morgan fingerprint density at radius 1 is 1.29 bits per heavy atom. The van der Waals surface area contributed by atoms with Gasteiger partial charge in [0.2, 0.25) is 0 Å². The lowest BCUT2D eigenvalue weighted by atomic mass is 10.2. The van der Waals surface area contributed by atoms with Crippen molar-refractivity contribution >= 4 is 11.4 Å². The molecular weight excluding hydrogens is 217 g/mol. The van der Waals surface area contributed by atoms with Gasteiger partial charge in [-0.15, -0.1) is 0 Å². The van der Waals surface area contributed by atoms with E-state index < -0.39 is 0 Å². The largest absolute Gasteiger partial charge is 0.397 e. The number of pyridine rings is 1. The molecule has 0 fully saturated rings. The van der Waals surface area contributed by atoms with E-state index in [-0.39, 0.29) is 5.82 Å². The molecule has 0 radical (unpaired) electrons. The monoisotopic (exact) mass is 231 g/mol. The predicted octanol–water partition coefficient (Wildman–Crippen LogP) is 2.46. The van der Waals surface area contributed by atoms with Crippen LogP contribution in [0.3, 0.4) is 0 Å². The number of nitrogen functional groups attached to an aromatic ring is 1. The van der Waals surface area contributed by atoms with Gasteiger partial charge in [-0.25, -0.2) is 4.39 Å². The van der Waals surface area contributed by atoms with Crippen LogP contribution in [0.25, 0.3) is 0 Å². The Kier molecular flexibility index (Phi) is 3.55. The third-order valence-electron chi connectivity index (χ3n) is 2.47. The summed E-state index contributed by atoms with van der Waals surface area (Å²) < 4.78 is 13.0. The molecule has 0 aliphatic carbocycles. The zero-order valence-electron chi connectivity index (χ0n) is 9.36. The van der Waals surface area contributed by atoms with Crippen molar-refractivity contribution in [3.05, 3.63) is 54.1 Å². The van der Waals surface area contributed by atoms with Gasteiger partial charge in [0, 0.05) is 18.9 Å². The molecule has 1 aromatic carbocycles. The van der Waals surface area contributed by atoms with E-state index in [4.69, 9.17) is 5.73 Å². The highest BCUT2D eigenvalue weighted by molar-refractivity contribution is 5.65. The smallest absolute Gasteiger partial charge is 0.125 e. The normalized spacial score (nSPS) is 10.2. The summed E-state index contributed by atoms with van der Waals surface area (Å²) >= 11 is 0. The molecule has 17 heavy (non-hydrogen) atoms. The van der Waals surface area contributed by atoms with Crippen molar-refractivity contribution < 1.29 is 4.39 Å². The molecule has 4 heteroatoms. The minimum Gasteiger partial charge on any atom is -0.397 e. The highest BCUT2D eigenvalue weighted by atomic mass is 19.1. The van der Waals surface area contributed by atoms with Gasteiger partial charge in [-0.2, -0.15) is 0 Å². The SMILES string of the molecule is Nc1ccc(F)cc1NCCc1cccnc1. The Bertz CT molecular complexity index is 485. The van der Waals surface area contributed by atoms with Crippen molar-refractivity contribution in [2.45, 2.75) is 6.42 Å². The van der Waals surface area contributed by atoms with Crippen molar-refractivity contribution in [1.29, 1.82) is 0 Å². The van der Waals surface area contributed by atoms with E-state index in [0.717, 1.165) is 12.0 Å². The predicted molar refractivity (Wildman–Crippen MR) is 67.2 cm³/mol. The van der Waals surface area contributed by atoms with E-state index in [1.165, 1.54) is 12.1 Å². The van der Waals surface area contributed by atoms with Crippen LogP contribution < -0.4 is 11.1 Å². The number of nitrogens with one attached hydrogen (secondary N) is 1. The molecule has 2 aromatic rings. The van der Waals surface area contributed by atoms with Gasteiger partial charge in [-0.3, -0.25) is 4.98 Å². The summed E-state index contributed by atoms with van der Waals surface area (Å²) in [6, 6.07) is 8.21. The first kappa shape index (κ1) is 11.4. The van der Waals surface area contributed by atoms with E-state index in [1.807, 2.05) is 18.3 Å². The van der Waals surface area contributed by atoms with Gasteiger partial charge in [0.25, 0.3) is 0 Å². The van der Waals surface area contributed by atoms with E-state index in [0.29, 0.717) is 17.9 Å². The van der Waals surface area contributed by atoms with E-state index in [2.05, 4.69) is 10.3 Å². The molecule has 0 bridgehead atoms. The van der Waals surface area contributed by atoms with Gasteiger partial charge in [0.1, 0.15) is 5.82 Å². The summed E-state index contributed by atoms with van der Waals surface area (Å²) in [5.41, 5.74) is 8.05. The molecule has 1 heterocycles. The molecule has 0 atom stereocenters. The third-order valence-corrected chi connectivity index (χ3v) is 2.47. The van der Waals surface area contributed by atoms with Crippen molar-refractivity contribution in [1.82, 2.24) is 4.98 Å². The highest BCUT2D eigenvalue weighted by Gasteiger charge is 2.00. The first-order chi connectivity index (χ1) is 8.25. The minimum absolute atomic E-state index is 0.289. The lowest BCUT2D eigenvalue weighted by Gasteiger charge is -2.09. The number of nitrogens with zero attached hydrogens (tertiary/aromatic N) is 1. The fourth-order valence-electron chi connectivity index (χ4n) is 1.57. The van der Waals surface area contributed by atoms with E-state index >= 15 is 0 Å². The fourth-order valence-corrected chi connectivity index (χ4v) is 1.57. The van der Waals surface area contributed by atoms with Crippen LogP contribution in [0.4, 0.5) is 15.8 Å². The Morgan fingerprint density at radius 3 is 2.94 bits per heavy atom. The zero-order valence-corrected chi connectivity index (χ0v) is 9.36. The summed E-state index contributed by atoms with van der Waals surface area (Å²) in [4.78, 5) is 4.03. The molecule has 2 rings (SSSR count). The van der Waals surface area contributed by atoms with Crippen molar-refractivity contribution in [2.75, 3.05) is 17.6 Å². The van der Waals surface area contributed by atoms with Crippen molar-refractivity contribution in [3.8, 4) is 0 Å². The topological polar surface area (TPSA) is 50.9 Å². The molecule has 0 saturated heterocycles. The zero-order chi connectivity index (χ0) is 12.1. The molecule has 0 amide bonds. The van der Waals surface area contributed by atoms with Crippen LogP contribution in [-0.4, -0.2) is 11.5 Å². The van der Waals surface area contributed by atoms with Crippen LogP contribution in [0.5, 0.6) is 0 Å². The molecule has 3 nitrogen and oxygen atoms in total. The number of rotatable bonds is 4. The Hall–Kier alpha value is -2.10. The molecular formula is C13H14FN3. The van der Waals surface area contributed by atoms with Gasteiger partial charge >= 0.3 is 0 Å². The van der Waals surface area contributed by atoms with Crippen LogP contribution in [0, 0.1) is 5.82 Å². The molecule has 3 N–H and O–H groups in total. The van der Waals surface area contributed by atoms with Gasteiger partial charge in [-0.05, 0) is 36.2 Å². The van der Waals surface area contributed by atoms with Gasteiger partial charge < -0.3 is 11.1 Å². The maximum atomic E-state index is 13.0. The number of aromatic nitrogens is 1. The minimum atomic E-state index is -0.289. The van der Waals surface area contributed by atoms with E-state index in [1.54, 1.807) is 12.3 Å². The van der Waals surface area contributed by atoms with Crippen LogP contribution in [0.15, 0.2) is 42.7 Å². The standard InChI is InChI=1S/C13H14FN3/c14-11-3-4-12(15)13(8-11)17-7-5-10-2-1-6-16-9-10/h1-4,6,8-9,17H,5,7,15H2. The maximum Gasteiger partial charge on any atom is 0.125 e. The second-order valence-corrected chi connectivity index (χ2v) is 3.77. The van der Waals surface area contributed by atoms with Crippen molar-refractivity contribution in [2.24, 2.45) is 0 Å². The second-order valence-electron chi connectivity index (χ2n) is 3.77.